The summed E-state index contributed by atoms with van der Waals surface area (Å²) in [4.78, 5) is 0. The highest BCUT2D eigenvalue weighted by Crippen LogP contribution is 2.76. The Balaban J connectivity index is 1.58. The zero-order valence-electron chi connectivity index (χ0n) is 17.2. The quantitative estimate of drug-likeness (QED) is 0.650. The summed E-state index contributed by atoms with van der Waals surface area (Å²) >= 11 is 0. The Morgan fingerprint density at radius 3 is 2.69 bits per heavy atom. The number of aliphatic hydroxyl groups excluding tert-OH is 2. The maximum atomic E-state index is 11.0. The first-order valence-electron chi connectivity index (χ1n) is 11.4. The molecule has 0 bridgehead atoms. The van der Waals surface area contributed by atoms with Crippen molar-refractivity contribution in [1.82, 2.24) is 0 Å². The van der Waals surface area contributed by atoms with Gasteiger partial charge in [-0.05, 0) is 90.4 Å². The molecule has 5 aliphatic rings. The van der Waals surface area contributed by atoms with E-state index in [-0.39, 0.29) is 34.9 Å². The van der Waals surface area contributed by atoms with Gasteiger partial charge in [-0.3, -0.25) is 0 Å². The molecule has 154 valence electrons. The Hall–Kier alpha value is -1.58. The molecule has 6 rings (SSSR count). The van der Waals surface area contributed by atoms with Crippen LogP contribution in [0.15, 0.2) is 43.0 Å². The number of allylic oxidation sites excluding steroid dienone is 3. The maximum Gasteiger partial charge on any atom is 0.115 e. The third-order valence-corrected chi connectivity index (χ3v) is 10.4. The predicted molar refractivity (Wildman–Crippen MR) is 113 cm³/mol. The summed E-state index contributed by atoms with van der Waals surface area (Å²) in [5, 5.41) is 32.1. The van der Waals surface area contributed by atoms with Gasteiger partial charge in [-0.15, -0.1) is 6.58 Å². The van der Waals surface area contributed by atoms with E-state index < -0.39 is 0 Å². The number of hydrogen-bond donors (Lipinski definition) is 3. The van der Waals surface area contributed by atoms with Gasteiger partial charge in [0.25, 0.3) is 0 Å². The molecule has 0 aromatic heterocycles. The average molecular weight is 393 g/mol. The Kier molecular flexibility index (Phi) is 3.49. The third-order valence-electron chi connectivity index (χ3n) is 10.4. The SMILES string of the molecule is C=C[C@@]12CCC(O)[C@@]1(C)CCC1c3ccc(O)cc3C3C4C=CC4C3(CO)CC12. The lowest BCUT2D eigenvalue weighted by Gasteiger charge is -2.65. The minimum Gasteiger partial charge on any atom is -0.508 e. The normalized spacial score (nSPS) is 51.3. The first-order valence-corrected chi connectivity index (χ1v) is 11.4. The molecule has 3 saturated carbocycles. The van der Waals surface area contributed by atoms with E-state index >= 15 is 0 Å². The molecule has 5 aliphatic carbocycles. The monoisotopic (exact) mass is 392 g/mol. The van der Waals surface area contributed by atoms with Crippen molar-refractivity contribution >= 4 is 0 Å². The number of aliphatic hydroxyl groups is 2. The van der Waals surface area contributed by atoms with Crippen molar-refractivity contribution in [2.75, 3.05) is 6.61 Å². The largest absolute Gasteiger partial charge is 0.508 e. The molecule has 0 amide bonds. The minimum absolute atomic E-state index is 0.0971. The molecule has 29 heavy (non-hydrogen) atoms. The fourth-order valence-corrected chi connectivity index (χ4v) is 8.84. The summed E-state index contributed by atoms with van der Waals surface area (Å²) in [6.45, 7) is 6.79. The predicted octanol–water partition coefficient (Wildman–Crippen LogP) is 4.50. The fourth-order valence-electron chi connectivity index (χ4n) is 8.84. The molecule has 3 fully saturated rings. The van der Waals surface area contributed by atoms with Crippen LogP contribution in [0.4, 0.5) is 0 Å². The third kappa shape index (κ3) is 1.84. The van der Waals surface area contributed by atoms with Crippen LogP contribution >= 0.6 is 0 Å². The topological polar surface area (TPSA) is 60.7 Å². The van der Waals surface area contributed by atoms with Crippen LogP contribution in [0.2, 0.25) is 0 Å². The van der Waals surface area contributed by atoms with E-state index in [1.807, 2.05) is 12.1 Å². The van der Waals surface area contributed by atoms with Gasteiger partial charge < -0.3 is 15.3 Å². The van der Waals surface area contributed by atoms with E-state index in [4.69, 9.17) is 0 Å². The average Bonchev–Trinajstić information content (AvgIpc) is 2.91. The molecular formula is C26H32O3. The van der Waals surface area contributed by atoms with E-state index in [1.54, 1.807) is 0 Å². The molecule has 0 aliphatic heterocycles. The molecule has 3 N–H and O–H groups in total. The van der Waals surface area contributed by atoms with Crippen LogP contribution in [0.5, 0.6) is 5.75 Å². The van der Waals surface area contributed by atoms with Crippen LogP contribution in [-0.4, -0.2) is 28.0 Å². The van der Waals surface area contributed by atoms with Gasteiger partial charge in [-0.2, -0.15) is 0 Å². The molecule has 9 atom stereocenters. The van der Waals surface area contributed by atoms with Gasteiger partial charge in [-0.1, -0.05) is 31.2 Å². The van der Waals surface area contributed by atoms with E-state index in [9.17, 15) is 15.3 Å². The van der Waals surface area contributed by atoms with Crippen LogP contribution < -0.4 is 0 Å². The van der Waals surface area contributed by atoms with Gasteiger partial charge in [0.2, 0.25) is 0 Å². The van der Waals surface area contributed by atoms with Crippen LogP contribution in [-0.2, 0) is 0 Å². The molecule has 0 spiro atoms. The highest BCUT2D eigenvalue weighted by molar-refractivity contribution is 5.49. The summed E-state index contributed by atoms with van der Waals surface area (Å²) in [5.74, 6) is 2.31. The molecule has 1 aromatic carbocycles. The van der Waals surface area contributed by atoms with E-state index in [0.717, 1.165) is 32.1 Å². The minimum atomic E-state index is -0.275. The van der Waals surface area contributed by atoms with Crippen LogP contribution in [0.25, 0.3) is 0 Å². The van der Waals surface area contributed by atoms with Crippen LogP contribution in [0.1, 0.15) is 62.0 Å². The Bertz CT molecular complexity index is 921. The van der Waals surface area contributed by atoms with E-state index in [2.05, 4.69) is 37.8 Å². The van der Waals surface area contributed by atoms with Gasteiger partial charge in [0, 0.05) is 17.4 Å². The standard InChI is InChI=1S/C26H32O3/c1-3-26-11-9-22(29)24(26,2)10-8-17-16-5-4-15(28)12-19(16)23-18-6-7-20(18)25(23,14-27)13-21(17)26/h3-7,12,17-18,20-23,27-29H,1,8-11,13-14H2,2H3/t17?,18?,20?,21?,22?,23?,24-,25?,26+/m1/s1. The zero-order chi connectivity index (χ0) is 20.2. The van der Waals surface area contributed by atoms with Crippen molar-refractivity contribution in [3.8, 4) is 5.75 Å². The second-order valence-electron chi connectivity index (χ2n) is 10.8. The van der Waals surface area contributed by atoms with Gasteiger partial charge in [0.1, 0.15) is 5.75 Å². The number of phenols is 1. The molecular weight excluding hydrogens is 360 g/mol. The van der Waals surface area contributed by atoms with Gasteiger partial charge >= 0.3 is 0 Å². The van der Waals surface area contributed by atoms with Gasteiger partial charge in [0.15, 0.2) is 0 Å². The smallest absolute Gasteiger partial charge is 0.115 e. The molecule has 3 heteroatoms. The van der Waals surface area contributed by atoms with E-state index in [0.29, 0.717) is 29.4 Å². The Morgan fingerprint density at radius 1 is 1.17 bits per heavy atom. The van der Waals surface area contributed by atoms with Crippen molar-refractivity contribution in [1.29, 1.82) is 0 Å². The zero-order valence-corrected chi connectivity index (χ0v) is 17.2. The summed E-state index contributed by atoms with van der Waals surface area (Å²) in [7, 11) is 0. The summed E-state index contributed by atoms with van der Waals surface area (Å²) in [6, 6.07) is 5.97. The number of benzene rings is 1. The van der Waals surface area contributed by atoms with E-state index in [1.165, 1.54) is 11.1 Å². The lowest BCUT2D eigenvalue weighted by atomic mass is 9.38. The van der Waals surface area contributed by atoms with Gasteiger partial charge in [-0.25, -0.2) is 0 Å². The maximum absolute atomic E-state index is 11.0. The lowest BCUT2D eigenvalue weighted by Crippen LogP contribution is -2.61. The second kappa shape index (κ2) is 5.56. The second-order valence-corrected chi connectivity index (χ2v) is 10.8. The van der Waals surface area contributed by atoms with Crippen molar-refractivity contribution in [3.63, 3.8) is 0 Å². The van der Waals surface area contributed by atoms with Crippen molar-refractivity contribution in [3.05, 3.63) is 54.1 Å². The van der Waals surface area contributed by atoms with Gasteiger partial charge in [0.05, 0.1) is 6.10 Å². The summed E-state index contributed by atoms with van der Waals surface area (Å²) < 4.78 is 0. The van der Waals surface area contributed by atoms with Crippen molar-refractivity contribution in [2.45, 2.75) is 57.0 Å². The highest BCUT2D eigenvalue weighted by atomic mass is 16.3. The lowest BCUT2D eigenvalue weighted by molar-refractivity contribution is -0.129. The molecule has 0 heterocycles. The summed E-state index contributed by atoms with van der Waals surface area (Å²) in [5.41, 5.74) is 2.25. The molecule has 0 saturated heterocycles. The first-order chi connectivity index (χ1) is 13.9. The Morgan fingerprint density at radius 2 is 2.00 bits per heavy atom. The van der Waals surface area contributed by atoms with Crippen molar-refractivity contribution in [2.24, 2.45) is 34.0 Å². The van der Waals surface area contributed by atoms with Crippen LogP contribution in [0, 0.1) is 34.0 Å². The molecule has 7 unspecified atom stereocenters. The number of phenolic OH excluding ortho intramolecular Hbond substituents is 1. The number of hydrogen-bond acceptors (Lipinski definition) is 3. The molecule has 1 aromatic rings. The van der Waals surface area contributed by atoms with Crippen LogP contribution in [0.3, 0.4) is 0 Å². The Labute approximate surface area is 173 Å². The number of rotatable bonds is 2. The first kappa shape index (κ1) is 18.2. The fraction of sp³-hybridized carbons (Fsp3) is 0.615. The highest BCUT2D eigenvalue weighted by Gasteiger charge is 2.70. The van der Waals surface area contributed by atoms with Crippen molar-refractivity contribution < 1.29 is 15.3 Å². The molecule has 3 nitrogen and oxygen atoms in total. The number of aromatic hydroxyl groups is 1. The summed E-state index contributed by atoms with van der Waals surface area (Å²) in [6.07, 6.45) is 11.4. The number of fused-ring (bicyclic) bond motifs is 10. The molecule has 0 radical (unpaired) electrons.